The van der Waals surface area contributed by atoms with Gasteiger partial charge in [-0.3, -0.25) is 0 Å². The first-order valence-corrected chi connectivity index (χ1v) is 10.9. The number of halogens is 1. The lowest BCUT2D eigenvalue weighted by atomic mass is 10.1. The molecule has 0 amide bonds. The molecule has 5 nitrogen and oxygen atoms in total. The van der Waals surface area contributed by atoms with Gasteiger partial charge in [0.15, 0.2) is 11.9 Å². The van der Waals surface area contributed by atoms with Crippen LogP contribution in [0.2, 0.25) is 0 Å². The molecule has 0 saturated carbocycles. The van der Waals surface area contributed by atoms with Crippen LogP contribution in [0.1, 0.15) is 44.4 Å². The maximum atomic E-state index is 13.4. The Morgan fingerprint density at radius 2 is 1.86 bits per heavy atom. The third-order valence-corrected chi connectivity index (χ3v) is 5.66. The summed E-state index contributed by atoms with van der Waals surface area (Å²) in [5.41, 5.74) is 3.16. The molecule has 1 atom stereocenters. The van der Waals surface area contributed by atoms with E-state index in [1.165, 1.54) is 31.4 Å². The maximum Gasteiger partial charge on any atom is 0.247 e. The number of hydrogen-bond donors (Lipinski definition) is 1. The average Bonchev–Trinajstić information content (AvgIpc) is 2.90. The number of benzene rings is 2. The van der Waals surface area contributed by atoms with E-state index in [1.807, 2.05) is 24.3 Å². The summed E-state index contributed by atoms with van der Waals surface area (Å²) in [5, 5.41) is 12.7. The fourth-order valence-electron chi connectivity index (χ4n) is 3.19. The lowest BCUT2D eigenvalue weighted by molar-refractivity contribution is 0.225. The van der Waals surface area contributed by atoms with Gasteiger partial charge in [-0.25, -0.2) is 4.39 Å². The number of nitrogens with zero attached hydrogens (tertiary/aromatic N) is 3. The van der Waals surface area contributed by atoms with Crippen LogP contribution in [0.3, 0.4) is 0 Å². The van der Waals surface area contributed by atoms with Crippen molar-refractivity contribution >= 4 is 17.4 Å². The topological polar surface area (TPSA) is 59.9 Å². The van der Waals surface area contributed by atoms with Gasteiger partial charge >= 0.3 is 0 Å². The van der Waals surface area contributed by atoms with Gasteiger partial charge in [0, 0.05) is 22.6 Å². The fraction of sp³-hybridized carbons (Fsp3) is 0.318. The Morgan fingerprint density at radius 3 is 2.69 bits per heavy atom. The predicted octanol–water partition coefficient (Wildman–Crippen LogP) is 5.85. The molecule has 0 aliphatic carbocycles. The smallest absolute Gasteiger partial charge is 0.247 e. The molecule has 1 aromatic heterocycles. The number of rotatable bonds is 7. The normalized spacial score (nSPS) is 14.9. The van der Waals surface area contributed by atoms with Crippen molar-refractivity contribution in [2.75, 3.05) is 11.1 Å². The molecular weight excluding hydrogens is 387 g/mol. The van der Waals surface area contributed by atoms with Gasteiger partial charge in [-0.2, -0.15) is 4.98 Å². The van der Waals surface area contributed by atoms with Crippen LogP contribution in [0.5, 0.6) is 5.88 Å². The minimum absolute atomic E-state index is 0.283. The molecule has 0 bridgehead atoms. The number of nitrogens with one attached hydrogen (secondary N) is 1. The Morgan fingerprint density at radius 1 is 1.03 bits per heavy atom. The largest absolute Gasteiger partial charge is 0.448 e. The summed E-state index contributed by atoms with van der Waals surface area (Å²) in [6, 6.07) is 14.1. The quantitative estimate of drug-likeness (QED) is 0.389. The third kappa shape index (κ3) is 4.67. The first-order valence-electron chi connectivity index (χ1n) is 9.90. The van der Waals surface area contributed by atoms with Crippen molar-refractivity contribution in [3.63, 3.8) is 0 Å². The molecular formula is C22H23FN4OS. The lowest BCUT2D eigenvalue weighted by Gasteiger charge is -2.19. The molecule has 3 aromatic rings. The molecule has 1 aliphatic heterocycles. The molecule has 0 fully saturated rings. The number of anilines is 1. The van der Waals surface area contributed by atoms with Crippen molar-refractivity contribution in [3.05, 3.63) is 59.9 Å². The van der Waals surface area contributed by atoms with Gasteiger partial charge in [0.25, 0.3) is 0 Å². The molecule has 150 valence electrons. The summed E-state index contributed by atoms with van der Waals surface area (Å²) >= 11 is 1.60. The SMILES string of the molecule is CCCCCCSc1nnc2c(n1)OC(c1ccc(F)cc1)Nc1ccccc1-2. The van der Waals surface area contributed by atoms with Crippen molar-refractivity contribution in [3.8, 4) is 17.1 Å². The summed E-state index contributed by atoms with van der Waals surface area (Å²) in [6.07, 6.45) is 4.30. The molecule has 1 N–H and O–H groups in total. The zero-order valence-electron chi connectivity index (χ0n) is 16.3. The van der Waals surface area contributed by atoms with Crippen molar-refractivity contribution in [1.29, 1.82) is 0 Å². The van der Waals surface area contributed by atoms with E-state index in [1.54, 1.807) is 23.9 Å². The Labute approximate surface area is 174 Å². The Hall–Kier alpha value is -2.67. The number of hydrogen-bond acceptors (Lipinski definition) is 6. The molecule has 7 heteroatoms. The van der Waals surface area contributed by atoms with Crippen molar-refractivity contribution in [2.24, 2.45) is 0 Å². The van der Waals surface area contributed by atoms with E-state index in [4.69, 9.17) is 4.74 Å². The van der Waals surface area contributed by atoms with Crippen LogP contribution in [0.25, 0.3) is 11.3 Å². The van der Waals surface area contributed by atoms with E-state index in [0.717, 1.165) is 29.0 Å². The van der Waals surface area contributed by atoms with E-state index in [0.29, 0.717) is 16.7 Å². The summed E-state index contributed by atoms with van der Waals surface area (Å²) in [5.74, 6) is 1.10. The standard InChI is InChI=1S/C22H23FN4OS/c1-2-3-4-7-14-29-22-25-21-19(26-27-22)17-8-5-6-9-18(17)24-20(28-21)15-10-12-16(23)13-11-15/h5-6,8-13,20,24H,2-4,7,14H2,1H3. The first-order chi connectivity index (χ1) is 14.2. The highest BCUT2D eigenvalue weighted by Gasteiger charge is 2.26. The van der Waals surface area contributed by atoms with Gasteiger partial charge in [0.05, 0.1) is 0 Å². The highest BCUT2D eigenvalue weighted by Crippen LogP contribution is 2.39. The number of thioether (sulfide) groups is 1. The first kappa shape index (κ1) is 19.6. The van der Waals surface area contributed by atoms with Gasteiger partial charge in [-0.15, -0.1) is 10.2 Å². The lowest BCUT2D eigenvalue weighted by Crippen LogP contribution is -2.17. The number of ether oxygens (including phenoxy) is 1. The van der Waals surface area contributed by atoms with Crippen molar-refractivity contribution in [1.82, 2.24) is 15.2 Å². The van der Waals surface area contributed by atoms with Gasteiger partial charge in [0.1, 0.15) is 5.82 Å². The second-order valence-corrected chi connectivity index (χ2v) is 7.96. The Bertz CT molecular complexity index is 967. The minimum atomic E-state index is -0.503. The van der Waals surface area contributed by atoms with E-state index < -0.39 is 6.23 Å². The van der Waals surface area contributed by atoms with Crippen LogP contribution in [-0.4, -0.2) is 20.9 Å². The maximum absolute atomic E-state index is 13.4. The summed E-state index contributed by atoms with van der Waals surface area (Å²) in [4.78, 5) is 4.64. The highest BCUT2D eigenvalue weighted by atomic mass is 32.2. The number of unbranched alkanes of at least 4 members (excludes halogenated alkanes) is 3. The van der Waals surface area contributed by atoms with Crippen LogP contribution in [-0.2, 0) is 0 Å². The summed E-state index contributed by atoms with van der Waals surface area (Å²) < 4.78 is 19.6. The molecule has 4 rings (SSSR count). The van der Waals surface area contributed by atoms with Gasteiger partial charge < -0.3 is 10.1 Å². The molecule has 1 aliphatic rings. The van der Waals surface area contributed by atoms with Crippen molar-refractivity contribution in [2.45, 2.75) is 44.0 Å². The highest BCUT2D eigenvalue weighted by molar-refractivity contribution is 7.99. The molecule has 0 saturated heterocycles. The molecule has 0 spiro atoms. The molecule has 1 unspecified atom stereocenters. The summed E-state index contributed by atoms with van der Waals surface area (Å²) in [7, 11) is 0. The van der Waals surface area contributed by atoms with Crippen LogP contribution < -0.4 is 10.1 Å². The summed E-state index contributed by atoms with van der Waals surface area (Å²) in [6.45, 7) is 2.20. The van der Waals surface area contributed by atoms with Crippen molar-refractivity contribution < 1.29 is 9.13 Å². The fourth-order valence-corrected chi connectivity index (χ4v) is 3.97. The van der Waals surface area contributed by atoms with Gasteiger partial charge in [0.2, 0.25) is 11.0 Å². The van der Waals surface area contributed by atoms with Crippen LogP contribution >= 0.6 is 11.8 Å². The number of aromatic nitrogens is 3. The van der Waals surface area contributed by atoms with Gasteiger partial charge in [-0.1, -0.05) is 68.3 Å². The number of fused-ring (bicyclic) bond motifs is 3. The van der Waals surface area contributed by atoms with Crippen LogP contribution in [0, 0.1) is 5.82 Å². The monoisotopic (exact) mass is 410 g/mol. The second-order valence-electron chi connectivity index (χ2n) is 6.90. The van der Waals surface area contributed by atoms with E-state index in [2.05, 4.69) is 27.4 Å². The van der Waals surface area contributed by atoms with E-state index >= 15 is 0 Å². The minimum Gasteiger partial charge on any atom is -0.448 e. The molecule has 29 heavy (non-hydrogen) atoms. The van der Waals surface area contributed by atoms with Crippen LogP contribution in [0.4, 0.5) is 10.1 Å². The van der Waals surface area contributed by atoms with Gasteiger partial charge in [-0.05, 0) is 24.6 Å². The van der Waals surface area contributed by atoms with Crippen LogP contribution in [0.15, 0.2) is 53.7 Å². The molecule has 2 heterocycles. The zero-order valence-corrected chi connectivity index (χ0v) is 17.1. The Kier molecular flexibility index (Phi) is 6.24. The number of para-hydroxylation sites is 1. The molecule has 0 radical (unpaired) electrons. The van der Waals surface area contributed by atoms with E-state index in [9.17, 15) is 4.39 Å². The third-order valence-electron chi connectivity index (χ3n) is 4.74. The second kappa shape index (κ2) is 9.22. The zero-order chi connectivity index (χ0) is 20.1. The molecule has 2 aromatic carbocycles. The predicted molar refractivity (Wildman–Crippen MR) is 114 cm³/mol. The average molecular weight is 411 g/mol. The Balaban J connectivity index is 1.62. The van der Waals surface area contributed by atoms with E-state index in [-0.39, 0.29) is 5.82 Å².